The second-order valence-corrected chi connectivity index (χ2v) is 5.91. The second-order valence-electron chi connectivity index (χ2n) is 5.50. The van der Waals surface area contributed by atoms with Gasteiger partial charge in [0, 0.05) is 0 Å². The van der Waals surface area contributed by atoms with Crippen molar-refractivity contribution in [1.82, 2.24) is 25.5 Å². The van der Waals surface area contributed by atoms with Gasteiger partial charge in [-0.25, -0.2) is 0 Å². The summed E-state index contributed by atoms with van der Waals surface area (Å²) in [6.45, 7) is 2.49. The highest BCUT2D eigenvalue weighted by Crippen LogP contribution is 2.24. The lowest BCUT2D eigenvalue weighted by Gasteiger charge is -2.18. The maximum absolute atomic E-state index is 12.9. The van der Waals surface area contributed by atoms with Crippen LogP contribution in [-0.2, 0) is 11.3 Å². The van der Waals surface area contributed by atoms with Crippen LogP contribution in [0.1, 0.15) is 24.0 Å². The van der Waals surface area contributed by atoms with Crippen LogP contribution < -0.4 is 10.6 Å². The molecule has 0 aliphatic rings. The first kappa shape index (κ1) is 17.7. The van der Waals surface area contributed by atoms with Crippen molar-refractivity contribution < 1.29 is 4.79 Å². The Kier molecular flexibility index (Phi) is 5.65. The zero-order valence-corrected chi connectivity index (χ0v) is 15.0. The molecule has 3 aromatic rings. The van der Waals surface area contributed by atoms with Crippen LogP contribution in [-0.4, -0.2) is 31.2 Å². The molecule has 0 spiro atoms. The summed E-state index contributed by atoms with van der Waals surface area (Å²) in [5.41, 5.74) is 1.77. The van der Waals surface area contributed by atoms with Gasteiger partial charge in [0.15, 0.2) is 5.11 Å². The molecule has 2 N–H and O–H groups in total. The number of nitrogens with zero attached hydrogens (tertiary/aromatic N) is 4. The van der Waals surface area contributed by atoms with Gasteiger partial charge in [-0.15, -0.1) is 5.10 Å². The normalized spacial score (nSPS) is 10.5. The molecule has 8 heteroatoms. The van der Waals surface area contributed by atoms with Gasteiger partial charge in [0.25, 0.3) is 5.95 Å². The highest BCUT2D eigenvalue weighted by molar-refractivity contribution is 7.80. The zero-order valence-electron chi connectivity index (χ0n) is 14.2. The van der Waals surface area contributed by atoms with Crippen molar-refractivity contribution in [2.75, 3.05) is 5.32 Å². The third-order valence-electron chi connectivity index (χ3n) is 3.73. The summed E-state index contributed by atoms with van der Waals surface area (Å²) < 4.78 is 0. The van der Waals surface area contributed by atoms with E-state index < -0.39 is 5.92 Å². The molecule has 0 bridgehead atoms. The molecular weight excluding hydrogens is 348 g/mol. The number of nitrogens with one attached hydrogen (secondary N) is 2. The van der Waals surface area contributed by atoms with Gasteiger partial charge in [0.05, 0.1) is 12.5 Å². The molecule has 7 nitrogen and oxygen atoms in total. The lowest BCUT2D eigenvalue weighted by molar-refractivity contribution is -0.120. The summed E-state index contributed by atoms with van der Waals surface area (Å²) in [5, 5.41) is 17.4. The van der Waals surface area contributed by atoms with Gasteiger partial charge in [0.1, 0.15) is 0 Å². The third kappa shape index (κ3) is 4.28. The maximum atomic E-state index is 12.9. The Bertz CT molecular complexity index is 841. The van der Waals surface area contributed by atoms with Crippen LogP contribution >= 0.6 is 12.2 Å². The summed E-state index contributed by atoms with van der Waals surface area (Å²) >= 11 is 5.22. The van der Waals surface area contributed by atoms with Crippen LogP contribution in [0.25, 0.3) is 0 Å². The molecule has 2 aromatic carbocycles. The van der Waals surface area contributed by atoms with E-state index in [2.05, 4.69) is 26.0 Å². The van der Waals surface area contributed by atoms with Crippen LogP contribution in [0.5, 0.6) is 0 Å². The average molecular weight is 366 g/mol. The van der Waals surface area contributed by atoms with Crippen molar-refractivity contribution in [2.45, 2.75) is 19.4 Å². The lowest BCUT2D eigenvalue weighted by atomic mass is 9.90. The predicted octanol–water partition coefficient (Wildman–Crippen LogP) is 2.34. The number of anilines is 1. The standard InChI is InChI=1S/C18H18N6OS/c1-2-24-22-17(21-23-24)20-18(26)19-16(25)15(13-9-5-3-6-10-13)14-11-7-4-8-12-14/h3-12,15H,2H2,1H3,(H2,19,20,22,25,26). The third-order valence-corrected chi connectivity index (χ3v) is 3.93. The number of hydrogen-bond acceptors (Lipinski definition) is 5. The molecule has 0 saturated heterocycles. The number of thiocarbonyl (C=S) groups is 1. The van der Waals surface area contributed by atoms with Gasteiger partial charge in [-0.3, -0.25) is 10.1 Å². The number of hydrogen-bond donors (Lipinski definition) is 2. The quantitative estimate of drug-likeness (QED) is 0.674. The van der Waals surface area contributed by atoms with E-state index in [0.717, 1.165) is 11.1 Å². The van der Waals surface area contributed by atoms with Gasteiger partial charge in [-0.1, -0.05) is 65.8 Å². The van der Waals surface area contributed by atoms with E-state index in [1.54, 1.807) is 0 Å². The minimum absolute atomic E-state index is 0.127. The molecule has 26 heavy (non-hydrogen) atoms. The zero-order chi connectivity index (χ0) is 18.4. The minimum Gasteiger partial charge on any atom is -0.302 e. The molecule has 1 aromatic heterocycles. The first-order valence-corrected chi connectivity index (χ1v) is 8.57. The fourth-order valence-electron chi connectivity index (χ4n) is 2.53. The molecule has 0 saturated carbocycles. The summed E-state index contributed by atoms with van der Waals surface area (Å²) in [4.78, 5) is 14.3. The molecule has 0 radical (unpaired) electrons. The summed E-state index contributed by atoms with van der Waals surface area (Å²) in [6.07, 6.45) is 0. The lowest BCUT2D eigenvalue weighted by Crippen LogP contribution is -2.38. The van der Waals surface area contributed by atoms with Crippen molar-refractivity contribution in [3.05, 3.63) is 71.8 Å². The smallest absolute Gasteiger partial charge is 0.269 e. The molecule has 0 aliphatic heterocycles. The number of benzene rings is 2. The Hall–Kier alpha value is -3.13. The number of amides is 1. The molecule has 1 heterocycles. The number of tetrazole rings is 1. The van der Waals surface area contributed by atoms with E-state index in [0.29, 0.717) is 6.54 Å². The number of rotatable bonds is 5. The average Bonchev–Trinajstić information content (AvgIpc) is 3.11. The maximum Gasteiger partial charge on any atom is 0.269 e. The SMILES string of the molecule is CCn1nnc(NC(=S)NC(=O)C(c2ccccc2)c2ccccc2)n1. The van der Waals surface area contributed by atoms with Crippen LogP contribution in [0.15, 0.2) is 60.7 Å². The number of aromatic nitrogens is 4. The van der Waals surface area contributed by atoms with Gasteiger partial charge in [0.2, 0.25) is 5.91 Å². The van der Waals surface area contributed by atoms with Crippen molar-refractivity contribution in [1.29, 1.82) is 0 Å². The molecule has 0 unspecified atom stereocenters. The van der Waals surface area contributed by atoms with Crippen LogP contribution in [0, 0.1) is 0 Å². The van der Waals surface area contributed by atoms with Gasteiger partial charge >= 0.3 is 0 Å². The fraction of sp³-hybridized carbons (Fsp3) is 0.167. The second kappa shape index (κ2) is 8.30. The number of carbonyl (C=O) groups excluding carboxylic acids is 1. The van der Waals surface area contributed by atoms with E-state index in [1.165, 1.54) is 4.80 Å². The molecule has 0 aliphatic carbocycles. The Morgan fingerprint density at radius 3 is 2.15 bits per heavy atom. The topological polar surface area (TPSA) is 84.7 Å². The molecule has 0 fully saturated rings. The van der Waals surface area contributed by atoms with Crippen LogP contribution in [0.4, 0.5) is 5.95 Å². The predicted molar refractivity (Wildman–Crippen MR) is 103 cm³/mol. The molecule has 1 amide bonds. The molecule has 132 valence electrons. The van der Waals surface area contributed by atoms with E-state index in [1.807, 2.05) is 67.6 Å². The summed E-state index contributed by atoms with van der Waals surface area (Å²) in [5.74, 6) is -0.465. The van der Waals surface area contributed by atoms with Crippen LogP contribution in [0.3, 0.4) is 0 Å². The van der Waals surface area contributed by atoms with Crippen molar-refractivity contribution in [2.24, 2.45) is 0 Å². The Morgan fingerprint density at radius 1 is 1.08 bits per heavy atom. The Balaban J connectivity index is 1.76. The molecule has 3 rings (SSSR count). The Labute approximate surface area is 156 Å². The highest BCUT2D eigenvalue weighted by atomic mass is 32.1. The van der Waals surface area contributed by atoms with E-state index in [9.17, 15) is 4.79 Å². The van der Waals surface area contributed by atoms with Gasteiger partial charge in [-0.05, 0) is 35.5 Å². The summed E-state index contributed by atoms with van der Waals surface area (Å²) in [7, 11) is 0. The van der Waals surface area contributed by atoms with Crippen LogP contribution in [0.2, 0.25) is 0 Å². The first-order chi connectivity index (χ1) is 12.7. The van der Waals surface area contributed by atoms with E-state index >= 15 is 0 Å². The Morgan fingerprint density at radius 2 is 1.65 bits per heavy atom. The van der Waals surface area contributed by atoms with E-state index in [-0.39, 0.29) is 17.0 Å². The molecule has 0 atom stereocenters. The number of aryl methyl sites for hydroxylation is 1. The van der Waals surface area contributed by atoms with Gasteiger partial charge in [-0.2, -0.15) is 4.80 Å². The fourth-order valence-corrected chi connectivity index (χ4v) is 2.72. The van der Waals surface area contributed by atoms with Gasteiger partial charge < -0.3 is 5.32 Å². The van der Waals surface area contributed by atoms with Crippen molar-refractivity contribution >= 4 is 29.2 Å². The number of carbonyl (C=O) groups is 1. The van der Waals surface area contributed by atoms with Crippen molar-refractivity contribution in [3.8, 4) is 0 Å². The molecular formula is C18H18N6OS. The monoisotopic (exact) mass is 366 g/mol. The largest absolute Gasteiger partial charge is 0.302 e. The minimum atomic E-state index is -0.476. The summed E-state index contributed by atoms with van der Waals surface area (Å²) in [6, 6.07) is 19.1. The first-order valence-electron chi connectivity index (χ1n) is 8.17. The van der Waals surface area contributed by atoms with Crippen molar-refractivity contribution in [3.63, 3.8) is 0 Å². The van der Waals surface area contributed by atoms with E-state index in [4.69, 9.17) is 12.2 Å². The highest BCUT2D eigenvalue weighted by Gasteiger charge is 2.23.